The first-order valence-electron chi connectivity index (χ1n) is 9.07. The molecular weight excluding hydrogens is 334 g/mol. The molecule has 5 nitrogen and oxygen atoms in total. The summed E-state index contributed by atoms with van der Waals surface area (Å²) in [5.74, 6) is 0.222. The first-order chi connectivity index (χ1) is 11.7. The molecule has 4 atom stereocenters. The van der Waals surface area contributed by atoms with E-state index >= 15 is 0 Å². The second kappa shape index (κ2) is 8.45. The molecule has 1 saturated heterocycles. The summed E-state index contributed by atoms with van der Waals surface area (Å²) in [6, 6.07) is 7.88. The number of ether oxygens (including phenoxy) is 1. The van der Waals surface area contributed by atoms with Crippen molar-refractivity contribution in [2.75, 3.05) is 11.9 Å². The minimum Gasteiger partial charge on any atom is -0.432 e. The number of aryl methyl sites for hydroxylation is 1. The van der Waals surface area contributed by atoms with Gasteiger partial charge in [0.15, 0.2) is 8.32 Å². The quantitative estimate of drug-likeness (QED) is 0.649. The fourth-order valence-corrected chi connectivity index (χ4v) is 6.73. The molecule has 0 aliphatic carbocycles. The molecule has 0 radical (unpaired) electrons. The zero-order chi connectivity index (χ0) is 18.6. The Bertz CT molecular complexity index is 570. The van der Waals surface area contributed by atoms with E-state index in [2.05, 4.69) is 12.2 Å². The summed E-state index contributed by atoms with van der Waals surface area (Å²) in [7, 11) is -2.34. The fourth-order valence-electron chi connectivity index (χ4n) is 4.07. The minimum atomic E-state index is -2.34. The summed E-state index contributed by atoms with van der Waals surface area (Å²) < 4.78 is 6.21. The van der Waals surface area contributed by atoms with Crippen molar-refractivity contribution in [2.24, 2.45) is 5.92 Å². The summed E-state index contributed by atoms with van der Waals surface area (Å²) >= 11 is 0. The number of hydrogen-bond donors (Lipinski definition) is 3. The molecule has 2 rings (SSSR count). The Hall–Kier alpha value is -1.21. The van der Waals surface area contributed by atoms with Gasteiger partial charge in [-0.1, -0.05) is 19.1 Å². The van der Waals surface area contributed by atoms with Crippen LogP contribution in [0.25, 0.3) is 0 Å². The van der Waals surface area contributed by atoms with Gasteiger partial charge in [-0.15, -0.1) is 0 Å². The summed E-state index contributed by atoms with van der Waals surface area (Å²) in [5.41, 5.74) is 2.16. The van der Waals surface area contributed by atoms with Crippen LogP contribution in [0.5, 0.6) is 0 Å². The Morgan fingerprint density at radius 1 is 1.20 bits per heavy atom. The van der Waals surface area contributed by atoms with Crippen molar-refractivity contribution >= 4 is 19.9 Å². The third kappa shape index (κ3) is 5.38. The lowest BCUT2D eigenvalue weighted by atomic mass is 9.95. The molecule has 0 unspecified atom stereocenters. The predicted molar refractivity (Wildman–Crippen MR) is 102 cm³/mol. The maximum absolute atomic E-state index is 11.1. The highest BCUT2D eigenvalue weighted by molar-refractivity contribution is 6.71. The number of amides is 1. The molecule has 1 aromatic rings. The predicted octanol–water partition coefficient (Wildman–Crippen LogP) is 2.93. The van der Waals surface area contributed by atoms with Crippen LogP contribution in [-0.2, 0) is 16.0 Å². The van der Waals surface area contributed by atoms with E-state index in [1.165, 1.54) is 12.5 Å². The van der Waals surface area contributed by atoms with Gasteiger partial charge in [0.25, 0.3) is 0 Å². The third-order valence-corrected chi connectivity index (χ3v) is 7.65. The second-order valence-electron chi connectivity index (χ2n) is 7.68. The van der Waals surface area contributed by atoms with Crippen LogP contribution < -0.4 is 5.32 Å². The molecule has 6 heteroatoms. The molecule has 1 aromatic carbocycles. The van der Waals surface area contributed by atoms with Gasteiger partial charge < -0.3 is 20.0 Å². The van der Waals surface area contributed by atoms with Crippen molar-refractivity contribution in [1.29, 1.82) is 0 Å². The summed E-state index contributed by atoms with van der Waals surface area (Å²) in [5, 5.41) is 12.1. The number of carbonyl (C=O) groups excluding carboxylic acids is 1. The number of benzene rings is 1. The van der Waals surface area contributed by atoms with Gasteiger partial charge in [0.2, 0.25) is 5.91 Å². The smallest absolute Gasteiger partial charge is 0.221 e. The minimum absolute atomic E-state index is 0.0428. The number of carbonyl (C=O) groups is 1. The van der Waals surface area contributed by atoms with Crippen LogP contribution in [0.4, 0.5) is 5.69 Å². The molecule has 1 fully saturated rings. The van der Waals surface area contributed by atoms with Gasteiger partial charge in [0, 0.05) is 24.8 Å². The van der Waals surface area contributed by atoms with Gasteiger partial charge >= 0.3 is 0 Å². The molecule has 0 spiro atoms. The maximum atomic E-state index is 11.1. The van der Waals surface area contributed by atoms with Gasteiger partial charge in [0.05, 0.1) is 12.2 Å². The van der Waals surface area contributed by atoms with Crippen LogP contribution in [0.15, 0.2) is 24.3 Å². The lowest BCUT2D eigenvalue weighted by molar-refractivity contribution is -0.114. The summed E-state index contributed by atoms with van der Waals surface area (Å²) in [4.78, 5) is 21.7. The molecule has 1 aliphatic heterocycles. The Labute approximate surface area is 151 Å². The van der Waals surface area contributed by atoms with Crippen LogP contribution in [0.1, 0.15) is 32.3 Å². The van der Waals surface area contributed by atoms with E-state index in [4.69, 9.17) is 4.74 Å². The Kier molecular flexibility index (Phi) is 6.79. The summed E-state index contributed by atoms with van der Waals surface area (Å²) in [6.07, 6.45) is 2.44. The van der Waals surface area contributed by atoms with E-state index in [0.717, 1.165) is 18.5 Å². The highest BCUT2D eigenvalue weighted by Gasteiger charge is 2.49. The molecule has 0 bridgehead atoms. The monoisotopic (exact) mass is 365 g/mol. The molecule has 3 N–H and O–H groups in total. The molecule has 1 aliphatic rings. The van der Waals surface area contributed by atoms with Gasteiger partial charge in [-0.25, -0.2) is 0 Å². The molecule has 140 valence electrons. The van der Waals surface area contributed by atoms with E-state index in [-0.39, 0.29) is 30.3 Å². The zero-order valence-corrected chi connectivity index (χ0v) is 16.7. The number of anilines is 1. The number of hydrogen-bond acceptors (Lipinski definition) is 4. The van der Waals surface area contributed by atoms with Crippen LogP contribution in [-0.4, -0.2) is 42.9 Å². The van der Waals surface area contributed by atoms with Crippen molar-refractivity contribution in [3.63, 3.8) is 0 Å². The Morgan fingerprint density at radius 3 is 2.36 bits per heavy atom. The molecule has 0 aromatic heterocycles. The number of nitrogens with one attached hydrogen (secondary N) is 1. The van der Waals surface area contributed by atoms with Crippen molar-refractivity contribution in [3.8, 4) is 0 Å². The van der Waals surface area contributed by atoms with Crippen LogP contribution >= 0.6 is 0 Å². The number of rotatable bonds is 7. The van der Waals surface area contributed by atoms with Crippen LogP contribution in [0, 0.1) is 5.92 Å². The van der Waals surface area contributed by atoms with E-state index in [1.807, 2.05) is 37.4 Å². The lowest BCUT2D eigenvalue weighted by Crippen LogP contribution is -2.40. The highest BCUT2D eigenvalue weighted by atomic mass is 28.4. The molecule has 0 saturated carbocycles. The van der Waals surface area contributed by atoms with Gasteiger partial charge in [-0.05, 0) is 56.0 Å². The van der Waals surface area contributed by atoms with Crippen molar-refractivity contribution in [2.45, 2.75) is 64.0 Å². The SMILES string of the molecule is CC(=O)Nc1ccc(CC[C@@H]2O[C@H](CCO)[C@@H]([Si](C)(C)O)[C@@H]2C)cc1. The molecule has 25 heavy (non-hydrogen) atoms. The van der Waals surface area contributed by atoms with Gasteiger partial charge in [0.1, 0.15) is 0 Å². The van der Waals surface area contributed by atoms with Gasteiger partial charge in [-0.2, -0.15) is 0 Å². The van der Waals surface area contributed by atoms with Crippen LogP contribution in [0.3, 0.4) is 0 Å². The third-order valence-electron chi connectivity index (χ3n) is 5.12. The first-order valence-corrected chi connectivity index (χ1v) is 12.1. The first kappa shape index (κ1) is 20.1. The number of aliphatic hydroxyl groups is 1. The highest BCUT2D eigenvalue weighted by Crippen LogP contribution is 2.45. The average molecular weight is 366 g/mol. The lowest BCUT2D eigenvalue weighted by Gasteiger charge is -2.30. The zero-order valence-electron chi connectivity index (χ0n) is 15.7. The second-order valence-corrected chi connectivity index (χ2v) is 11.7. The van der Waals surface area contributed by atoms with Crippen molar-refractivity contribution < 1.29 is 19.4 Å². The van der Waals surface area contributed by atoms with Gasteiger partial charge in [-0.3, -0.25) is 4.79 Å². The standard InChI is InChI=1S/C19H31NO4Si/c1-13-17(24-18(11-12-21)19(13)25(3,4)23)10-7-15-5-8-16(9-6-15)20-14(2)22/h5-6,8-9,13,17-19,21,23H,7,10-12H2,1-4H3,(H,20,22)/t13-,17+,18-,19+/m1/s1. The maximum Gasteiger partial charge on any atom is 0.221 e. The van der Waals surface area contributed by atoms with E-state index in [1.54, 1.807) is 0 Å². The van der Waals surface area contributed by atoms with E-state index in [0.29, 0.717) is 12.3 Å². The van der Waals surface area contributed by atoms with Crippen LogP contribution in [0.2, 0.25) is 18.6 Å². The van der Waals surface area contributed by atoms with Crippen molar-refractivity contribution in [3.05, 3.63) is 29.8 Å². The fraction of sp³-hybridized carbons (Fsp3) is 0.632. The largest absolute Gasteiger partial charge is 0.432 e. The Balaban J connectivity index is 1.97. The molecular formula is C19H31NO4Si. The number of aliphatic hydroxyl groups excluding tert-OH is 1. The molecule has 1 heterocycles. The Morgan fingerprint density at radius 2 is 1.84 bits per heavy atom. The average Bonchev–Trinajstić information content (AvgIpc) is 2.82. The molecule has 1 amide bonds. The topological polar surface area (TPSA) is 78.8 Å². The van der Waals surface area contributed by atoms with Crippen molar-refractivity contribution in [1.82, 2.24) is 0 Å². The summed E-state index contributed by atoms with van der Waals surface area (Å²) in [6.45, 7) is 7.68. The van der Waals surface area contributed by atoms with E-state index in [9.17, 15) is 14.7 Å². The normalized spacial score (nSPS) is 26.6. The van der Waals surface area contributed by atoms with E-state index < -0.39 is 8.32 Å².